The Kier molecular flexibility index (Phi) is 5.52. The first-order chi connectivity index (χ1) is 14.1. The summed E-state index contributed by atoms with van der Waals surface area (Å²) in [5.41, 5.74) is 3.59. The maximum absolute atomic E-state index is 12.0. The monoisotopic (exact) mass is 388 g/mol. The van der Waals surface area contributed by atoms with Crippen LogP contribution < -0.4 is 5.32 Å². The van der Waals surface area contributed by atoms with Gasteiger partial charge in [-0.15, -0.1) is 0 Å². The van der Waals surface area contributed by atoms with E-state index in [2.05, 4.69) is 24.4 Å². The van der Waals surface area contributed by atoms with Crippen molar-refractivity contribution in [1.29, 1.82) is 5.41 Å². The van der Waals surface area contributed by atoms with Gasteiger partial charge in [0.15, 0.2) is 5.78 Å². The number of hydrogen-bond acceptors (Lipinski definition) is 4. The average Bonchev–Trinajstić information content (AvgIpc) is 2.74. The van der Waals surface area contributed by atoms with E-state index in [0.717, 1.165) is 11.6 Å². The van der Waals surface area contributed by atoms with Gasteiger partial charge in [-0.25, -0.2) is 0 Å². The molecule has 0 radical (unpaired) electrons. The summed E-state index contributed by atoms with van der Waals surface area (Å²) in [5, 5.41) is 21.9. The van der Waals surface area contributed by atoms with Gasteiger partial charge in [0.05, 0.1) is 17.0 Å². The lowest BCUT2D eigenvalue weighted by Gasteiger charge is -2.28. The maximum Gasteiger partial charge on any atom is 0.186 e. The highest BCUT2D eigenvalue weighted by Gasteiger charge is 2.23. The number of carbonyl (C=O) groups is 1. The van der Waals surface area contributed by atoms with Crippen molar-refractivity contribution in [3.05, 3.63) is 65.2 Å². The van der Waals surface area contributed by atoms with Crippen LogP contribution in [0.15, 0.2) is 48.6 Å². The molecule has 150 valence electrons. The summed E-state index contributed by atoms with van der Waals surface area (Å²) < 4.78 is 0. The Labute approximate surface area is 172 Å². The summed E-state index contributed by atoms with van der Waals surface area (Å²) in [5.74, 6) is 1.32. The number of phenolic OH excluding ortho intramolecular Hbond substituents is 1. The van der Waals surface area contributed by atoms with E-state index in [9.17, 15) is 9.90 Å². The molecule has 1 fully saturated rings. The molecule has 0 amide bonds. The van der Waals surface area contributed by atoms with Gasteiger partial charge in [-0.05, 0) is 79.5 Å². The van der Waals surface area contributed by atoms with Crippen molar-refractivity contribution in [2.75, 3.05) is 5.32 Å². The van der Waals surface area contributed by atoms with Crippen molar-refractivity contribution in [3.63, 3.8) is 0 Å². The number of fused-ring (bicyclic) bond motifs is 1. The van der Waals surface area contributed by atoms with Crippen LogP contribution in [0.1, 0.15) is 72.9 Å². The molecule has 2 aromatic carbocycles. The number of carbonyl (C=O) groups excluding carboxylic acids is 1. The predicted molar refractivity (Wildman–Crippen MR) is 118 cm³/mol. The summed E-state index contributed by atoms with van der Waals surface area (Å²) in [4.78, 5) is 12.0. The quantitative estimate of drug-likeness (QED) is 0.524. The molecule has 2 aliphatic carbocycles. The van der Waals surface area contributed by atoms with E-state index in [1.165, 1.54) is 56.2 Å². The van der Waals surface area contributed by atoms with Crippen molar-refractivity contribution >= 4 is 22.9 Å². The van der Waals surface area contributed by atoms with E-state index >= 15 is 0 Å². The average molecular weight is 389 g/mol. The van der Waals surface area contributed by atoms with Gasteiger partial charge in [0.1, 0.15) is 5.75 Å². The molecule has 4 rings (SSSR count). The van der Waals surface area contributed by atoms with Crippen LogP contribution in [0.2, 0.25) is 0 Å². The van der Waals surface area contributed by atoms with Crippen molar-refractivity contribution in [2.45, 2.75) is 51.4 Å². The first kappa shape index (κ1) is 19.4. The molecule has 4 heteroatoms. The molecule has 2 aliphatic rings. The first-order valence-corrected chi connectivity index (χ1v) is 10.6. The second kappa shape index (κ2) is 8.24. The molecule has 0 bridgehead atoms. The van der Waals surface area contributed by atoms with Gasteiger partial charge in [-0.1, -0.05) is 31.9 Å². The van der Waals surface area contributed by atoms with E-state index in [0.29, 0.717) is 22.7 Å². The third-order valence-electron chi connectivity index (χ3n) is 6.32. The van der Waals surface area contributed by atoms with Crippen LogP contribution in [0.3, 0.4) is 0 Å². The minimum Gasteiger partial charge on any atom is -0.505 e. The number of phenols is 1. The Morgan fingerprint density at radius 1 is 1.03 bits per heavy atom. The van der Waals surface area contributed by atoms with Crippen LogP contribution in [0.4, 0.5) is 11.4 Å². The van der Waals surface area contributed by atoms with Gasteiger partial charge >= 0.3 is 0 Å². The van der Waals surface area contributed by atoms with Crippen LogP contribution in [-0.4, -0.2) is 16.6 Å². The van der Waals surface area contributed by atoms with Crippen LogP contribution in [0.5, 0.6) is 5.75 Å². The maximum atomic E-state index is 12.0. The van der Waals surface area contributed by atoms with Gasteiger partial charge < -0.3 is 15.8 Å². The lowest BCUT2D eigenvalue weighted by Crippen LogP contribution is -2.13. The third kappa shape index (κ3) is 3.98. The number of nitrogens with one attached hydrogen (secondary N) is 2. The van der Waals surface area contributed by atoms with Crippen LogP contribution in [0, 0.1) is 11.3 Å². The largest absolute Gasteiger partial charge is 0.505 e. The molecule has 0 atom stereocenters. The predicted octanol–water partition coefficient (Wildman–Crippen LogP) is 6.33. The molecule has 0 unspecified atom stereocenters. The first-order valence-electron chi connectivity index (χ1n) is 10.6. The van der Waals surface area contributed by atoms with Crippen molar-refractivity contribution in [3.8, 4) is 5.75 Å². The summed E-state index contributed by atoms with van der Waals surface area (Å²) >= 11 is 0. The Morgan fingerprint density at radius 3 is 2.45 bits per heavy atom. The molecular formula is C25H28N2O2. The highest BCUT2D eigenvalue weighted by Crippen LogP contribution is 2.39. The zero-order valence-electron chi connectivity index (χ0n) is 16.9. The fourth-order valence-electron chi connectivity index (χ4n) is 4.69. The minimum atomic E-state index is -0.184. The fraction of sp³-hybridized carbons (Fsp3) is 0.360. The molecule has 0 aromatic heterocycles. The van der Waals surface area contributed by atoms with E-state index < -0.39 is 0 Å². The number of benzene rings is 2. The van der Waals surface area contributed by atoms with E-state index in [1.54, 1.807) is 12.1 Å². The smallest absolute Gasteiger partial charge is 0.186 e. The third-order valence-corrected chi connectivity index (χ3v) is 6.32. The van der Waals surface area contributed by atoms with Gasteiger partial charge in [-0.3, -0.25) is 4.79 Å². The molecule has 3 N–H and O–H groups in total. The summed E-state index contributed by atoms with van der Waals surface area (Å²) in [6.07, 6.45) is 10.7. The van der Waals surface area contributed by atoms with Crippen LogP contribution >= 0.6 is 0 Å². The Morgan fingerprint density at radius 2 is 1.76 bits per heavy atom. The second-order valence-electron chi connectivity index (χ2n) is 8.25. The van der Waals surface area contributed by atoms with Gasteiger partial charge in [0.25, 0.3) is 0 Å². The SMILES string of the molecule is CCCC1CCC(c2ccc(Nc3ccc4c(c3O)C(=N)C=CC4=O)cc2)CC1. The van der Waals surface area contributed by atoms with Crippen molar-refractivity contribution in [1.82, 2.24) is 0 Å². The Bertz CT molecular complexity index is 952. The summed E-state index contributed by atoms with van der Waals surface area (Å²) in [6, 6.07) is 11.8. The number of aromatic hydroxyl groups is 1. The molecule has 29 heavy (non-hydrogen) atoms. The van der Waals surface area contributed by atoms with Crippen LogP contribution in [-0.2, 0) is 0 Å². The minimum absolute atomic E-state index is 0.0523. The number of rotatable bonds is 5. The molecule has 1 saturated carbocycles. The zero-order valence-corrected chi connectivity index (χ0v) is 16.9. The van der Waals surface area contributed by atoms with Crippen molar-refractivity contribution < 1.29 is 9.90 Å². The van der Waals surface area contributed by atoms with E-state index in [-0.39, 0.29) is 17.2 Å². The lowest BCUT2D eigenvalue weighted by molar-refractivity contribution is 0.104. The number of allylic oxidation sites excluding steroid dienone is 2. The van der Waals surface area contributed by atoms with Crippen LogP contribution in [0.25, 0.3) is 0 Å². The zero-order chi connectivity index (χ0) is 20.4. The number of anilines is 2. The molecule has 0 aliphatic heterocycles. The van der Waals surface area contributed by atoms with Crippen molar-refractivity contribution in [2.24, 2.45) is 5.92 Å². The number of hydrogen-bond donors (Lipinski definition) is 3. The molecule has 2 aromatic rings. The Hall–Kier alpha value is -2.88. The molecule has 0 heterocycles. The highest BCUT2D eigenvalue weighted by atomic mass is 16.3. The van der Waals surface area contributed by atoms with Gasteiger partial charge in [0, 0.05) is 11.3 Å². The lowest BCUT2D eigenvalue weighted by atomic mass is 9.77. The standard InChI is InChI=1S/C25H28N2O2/c1-2-3-16-4-6-17(7-5-16)18-8-10-19(11-9-18)27-22-14-12-20-23(28)15-13-21(26)24(20)25(22)29/h8-17,26-27,29H,2-7H2,1H3. The van der Waals surface area contributed by atoms with Gasteiger partial charge in [0.2, 0.25) is 0 Å². The second-order valence-corrected chi connectivity index (χ2v) is 8.25. The van der Waals surface area contributed by atoms with E-state index in [1.807, 2.05) is 12.1 Å². The van der Waals surface area contributed by atoms with E-state index in [4.69, 9.17) is 5.41 Å². The van der Waals surface area contributed by atoms with Gasteiger partial charge in [-0.2, -0.15) is 0 Å². The summed E-state index contributed by atoms with van der Waals surface area (Å²) in [7, 11) is 0. The Balaban J connectivity index is 1.47. The fourth-order valence-corrected chi connectivity index (χ4v) is 4.69. The topological polar surface area (TPSA) is 73.2 Å². The highest BCUT2D eigenvalue weighted by molar-refractivity contribution is 6.24. The summed E-state index contributed by atoms with van der Waals surface area (Å²) in [6.45, 7) is 2.27. The molecule has 0 spiro atoms. The normalized spacial score (nSPS) is 21.1. The molecular weight excluding hydrogens is 360 g/mol. The molecule has 4 nitrogen and oxygen atoms in total. The number of ketones is 1. The molecule has 0 saturated heterocycles.